The molecule has 0 rings (SSSR count). The molecule has 0 aliphatic heterocycles. The Balaban J connectivity index is 3.35. The predicted octanol–water partition coefficient (Wildman–Crippen LogP) is 0.548. The minimum Gasteiger partial charge on any atom is -0.349 e. The quantitative estimate of drug-likeness (QED) is 0.536. The SMILES string of the molecule is CN(C)C(=O)CCNOCC(F)(F)F. The highest BCUT2D eigenvalue weighted by Gasteiger charge is 2.27. The van der Waals surface area contributed by atoms with E-state index in [0.717, 1.165) is 0 Å². The lowest BCUT2D eigenvalue weighted by Gasteiger charge is -2.11. The highest BCUT2D eigenvalue weighted by atomic mass is 19.4. The summed E-state index contributed by atoms with van der Waals surface area (Å²) in [6, 6.07) is 0. The molecule has 0 aliphatic rings. The Bertz CT molecular complexity index is 182. The summed E-state index contributed by atoms with van der Waals surface area (Å²) in [5.74, 6) is -0.173. The summed E-state index contributed by atoms with van der Waals surface area (Å²) >= 11 is 0. The van der Waals surface area contributed by atoms with Crippen LogP contribution in [0.5, 0.6) is 0 Å². The van der Waals surface area contributed by atoms with E-state index in [1.807, 2.05) is 0 Å². The van der Waals surface area contributed by atoms with E-state index in [1.54, 1.807) is 14.1 Å². The van der Waals surface area contributed by atoms with Gasteiger partial charge in [0.25, 0.3) is 0 Å². The summed E-state index contributed by atoms with van der Waals surface area (Å²) in [4.78, 5) is 16.3. The van der Waals surface area contributed by atoms with E-state index in [0.29, 0.717) is 0 Å². The Labute approximate surface area is 80.0 Å². The standard InChI is InChI=1S/C7H13F3N2O2/c1-12(2)6(13)3-4-11-14-5-7(8,9)10/h11H,3-5H2,1-2H3. The second-order valence-corrected chi connectivity index (χ2v) is 2.84. The second kappa shape index (κ2) is 5.82. The third-order valence-electron chi connectivity index (χ3n) is 1.28. The number of carbonyl (C=O) groups excluding carboxylic acids is 1. The molecule has 4 nitrogen and oxygen atoms in total. The minimum absolute atomic E-state index is 0.0626. The van der Waals surface area contributed by atoms with Crippen molar-refractivity contribution in [2.24, 2.45) is 0 Å². The molecular weight excluding hydrogens is 201 g/mol. The van der Waals surface area contributed by atoms with E-state index in [-0.39, 0.29) is 18.9 Å². The van der Waals surface area contributed by atoms with E-state index < -0.39 is 12.8 Å². The number of hydrogen-bond acceptors (Lipinski definition) is 3. The summed E-state index contributed by atoms with van der Waals surface area (Å²) in [6.45, 7) is -1.30. The largest absolute Gasteiger partial charge is 0.413 e. The lowest BCUT2D eigenvalue weighted by atomic mass is 10.4. The van der Waals surface area contributed by atoms with Gasteiger partial charge in [-0.2, -0.15) is 13.2 Å². The average Bonchev–Trinajstić information content (AvgIpc) is 2.01. The molecule has 14 heavy (non-hydrogen) atoms. The van der Waals surface area contributed by atoms with Crippen LogP contribution in [0.4, 0.5) is 13.2 Å². The lowest BCUT2D eigenvalue weighted by molar-refractivity contribution is -0.189. The number of carbonyl (C=O) groups is 1. The lowest BCUT2D eigenvalue weighted by Crippen LogP contribution is -2.29. The second-order valence-electron chi connectivity index (χ2n) is 2.84. The Kier molecular flexibility index (Phi) is 5.47. The van der Waals surface area contributed by atoms with Gasteiger partial charge < -0.3 is 4.90 Å². The van der Waals surface area contributed by atoms with Crippen LogP contribution >= 0.6 is 0 Å². The van der Waals surface area contributed by atoms with Crippen LogP contribution in [0.3, 0.4) is 0 Å². The summed E-state index contributed by atoms with van der Waals surface area (Å²) in [6.07, 6.45) is -4.25. The molecule has 1 N–H and O–H groups in total. The van der Waals surface area contributed by atoms with Gasteiger partial charge in [0.1, 0.15) is 0 Å². The van der Waals surface area contributed by atoms with Gasteiger partial charge in [0.05, 0.1) is 0 Å². The van der Waals surface area contributed by atoms with Crippen LogP contribution in [0, 0.1) is 0 Å². The van der Waals surface area contributed by atoms with Gasteiger partial charge in [-0.25, -0.2) is 5.48 Å². The van der Waals surface area contributed by atoms with Gasteiger partial charge in [0, 0.05) is 27.1 Å². The fourth-order valence-electron chi connectivity index (χ4n) is 0.587. The van der Waals surface area contributed by atoms with Gasteiger partial charge in [-0.3, -0.25) is 9.63 Å². The van der Waals surface area contributed by atoms with E-state index >= 15 is 0 Å². The number of hydroxylamine groups is 1. The smallest absolute Gasteiger partial charge is 0.349 e. The number of rotatable bonds is 5. The fraction of sp³-hybridized carbons (Fsp3) is 0.857. The van der Waals surface area contributed by atoms with Crippen LogP contribution in [0.1, 0.15) is 6.42 Å². The van der Waals surface area contributed by atoms with E-state index in [4.69, 9.17) is 0 Å². The van der Waals surface area contributed by atoms with Gasteiger partial charge in [0.2, 0.25) is 5.91 Å². The first kappa shape index (κ1) is 13.2. The Morgan fingerprint density at radius 2 is 2.00 bits per heavy atom. The summed E-state index contributed by atoms with van der Waals surface area (Å²) in [5.41, 5.74) is 2.06. The van der Waals surface area contributed by atoms with Gasteiger partial charge >= 0.3 is 6.18 Å². The van der Waals surface area contributed by atoms with Crippen LogP contribution in [0.15, 0.2) is 0 Å². The molecule has 0 aliphatic carbocycles. The highest BCUT2D eigenvalue weighted by Crippen LogP contribution is 2.13. The minimum atomic E-state index is -4.35. The van der Waals surface area contributed by atoms with Crippen molar-refractivity contribution in [3.63, 3.8) is 0 Å². The number of hydrogen-bond donors (Lipinski definition) is 1. The molecule has 0 radical (unpaired) electrons. The van der Waals surface area contributed by atoms with E-state index in [1.165, 1.54) is 4.90 Å². The molecule has 84 valence electrons. The van der Waals surface area contributed by atoms with Crippen LogP contribution < -0.4 is 5.48 Å². The molecule has 0 aromatic carbocycles. The molecule has 1 amide bonds. The van der Waals surface area contributed by atoms with Crippen molar-refractivity contribution in [2.45, 2.75) is 12.6 Å². The highest BCUT2D eigenvalue weighted by molar-refractivity contribution is 5.75. The number of alkyl halides is 3. The Morgan fingerprint density at radius 1 is 1.43 bits per heavy atom. The fourth-order valence-corrected chi connectivity index (χ4v) is 0.587. The van der Waals surface area contributed by atoms with Gasteiger partial charge in [-0.15, -0.1) is 0 Å². The maximum atomic E-state index is 11.5. The van der Waals surface area contributed by atoms with Crippen molar-refractivity contribution in [1.82, 2.24) is 10.4 Å². The Hall–Kier alpha value is -0.820. The Morgan fingerprint density at radius 3 is 2.43 bits per heavy atom. The molecular formula is C7H13F3N2O2. The maximum Gasteiger partial charge on any atom is 0.413 e. The molecule has 7 heteroatoms. The van der Waals surface area contributed by atoms with E-state index in [9.17, 15) is 18.0 Å². The third-order valence-corrected chi connectivity index (χ3v) is 1.28. The normalized spacial score (nSPS) is 11.5. The van der Waals surface area contributed by atoms with Crippen molar-refractivity contribution in [3.8, 4) is 0 Å². The molecule has 0 saturated heterocycles. The first-order chi connectivity index (χ1) is 6.33. The third kappa shape index (κ3) is 7.81. The zero-order valence-corrected chi connectivity index (χ0v) is 8.02. The van der Waals surface area contributed by atoms with Crippen molar-refractivity contribution >= 4 is 5.91 Å². The van der Waals surface area contributed by atoms with Gasteiger partial charge in [-0.05, 0) is 0 Å². The average molecular weight is 214 g/mol. The molecule has 0 aromatic heterocycles. The van der Waals surface area contributed by atoms with Crippen LogP contribution in [0.25, 0.3) is 0 Å². The monoisotopic (exact) mass is 214 g/mol. The molecule has 0 aromatic rings. The summed E-state index contributed by atoms with van der Waals surface area (Å²) in [5, 5.41) is 0. The molecule has 0 spiro atoms. The van der Waals surface area contributed by atoms with Gasteiger partial charge in [-0.1, -0.05) is 0 Å². The number of nitrogens with one attached hydrogen (secondary N) is 1. The first-order valence-corrected chi connectivity index (χ1v) is 3.94. The van der Waals surface area contributed by atoms with Crippen molar-refractivity contribution in [2.75, 3.05) is 27.2 Å². The molecule has 0 fully saturated rings. The molecule has 0 unspecified atom stereocenters. The number of amides is 1. The van der Waals surface area contributed by atoms with E-state index in [2.05, 4.69) is 10.3 Å². The van der Waals surface area contributed by atoms with Crippen LogP contribution in [-0.4, -0.2) is 44.2 Å². The molecule has 0 atom stereocenters. The van der Waals surface area contributed by atoms with Crippen molar-refractivity contribution in [1.29, 1.82) is 0 Å². The zero-order valence-electron chi connectivity index (χ0n) is 8.02. The topological polar surface area (TPSA) is 41.6 Å². The maximum absolute atomic E-state index is 11.5. The predicted molar refractivity (Wildman–Crippen MR) is 43.3 cm³/mol. The number of halogens is 3. The van der Waals surface area contributed by atoms with Crippen molar-refractivity contribution in [3.05, 3.63) is 0 Å². The summed E-state index contributed by atoms with van der Waals surface area (Å²) < 4.78 is 34.6. The molecule has 0 heterocycles. The van der Waals surface area contributed by atoms with Crippen molar-refractivity contribution < 1.29 is 22.8 Å². The zero-order chi connectivity index (χ0) is 11.2. The molecule has 0 bridgehead atoms. The number of nitrogens with zero attached hydrogens (tertiary/aromatic N) is 1. The molecule has 0 saturated carbocycles. The van der Waals surface area contributed by atoms with Crippen LogP contribution in [-0.2, 0) is 9.63 Å². The van der Waals surface area contributed by atoms with Crippen LogP contribution in [0.2, 0.25) is 0 Å². The first-order valence-electron chi connectivity index (χ1n) is 3.94. The van der Waals surface area contributed by atoms with Gasteiger partial charge in [0.15, 0.2) is 6.61 Å². The summed E-state index contributed by atoms with van der Waals surface area (Å²) in [7, 11) is 3.14.